The second-order valence-corrected chi connectivity index (χ2v) is 5.28. The molecule has 106 valence electrons. The molecule has 1 fully saturated rings. The molecule has 1 amide bonds. The predicted molar refractivity (Wildman–Crippen MR) is 81.3 cm³/mol. The third-order valence-electron chi connectivity index (χ3n) is 3.77. The number of carbonyl (C=O) groups is 1. The SMILES string of the molecule is NCC#Cc1cccc(C(=O)NCCC2CCCC2)c1. The molecule has 0 spiro atoms. The van der Waals surface area contributed by atoms with Gasteiger partial charge in [0, 0.05) is 17.7 Å². The molecule has 2 rings (SSSR count). The first-order chi connectivity index (χ1) is 9.79. The number of nitrogens with one attached hydrogen (secondary N) is 1. The highest BCUT2D eigenvalue weighted by Crippen LogP contribution is 2.26. The molecule has 0 aromatic heterocycles. The van der Waals surface area contributed by atoms with Crippen molar-refractivity contribution in [2.24, 2.45) is 11.7 Å². The van der Waals surface area contributed by atoms with Crippen molar-refractivity contribution < 1.29 is 4.79 Å². The monoisotopic (exact) mass is 270 g/mol. The molecule has 0 atom stereocenters. The summed E-state index contributed by atoms with van der Waals surface area (Å²) in [4.78, 5) is 12.1. The van der Waals surface area contributed by atoms with Crippen molar-refractivity contribution in [1.29, 1.82) is 0 Å². The molecule has 0 bridgehead atoms. The molecule has 0 radical (unpaired) electrons. The van der Waals surface area contributed by atoms with Crippen molar-refractivity contribution in [2.45, 2.75) is 32.1 Å². The quantitative estimate of drug-likeness (QED) is 0.825. The van der Waals surface area contributed by atoms with Gasteiger partial charge in [0.15, 0.2) is 0 Å². The van der Waals surface area contributed by atoms with Gasteiger partial charge in [-0.2, -0.15) is 0 Å². The molecule has 0 heterocycles. The molecule has 1 saturated carbocycles. The molecule has 1 aliphatic rings. The summed E-state index contributed by atoms with van der Waals surface area (Å²) < 4.78 is 0. The molecule has 20 heavy (non-hydrogen) atoms. The summed E-state index contributed by atoms with van der Waals surface area (Å²) in [5, 5.41) is 3.00. The van der Waals surface area contributed by atoms with Gasteiger partial charge >= 0.3 is 0 Å². The maximum absolute atomic E-state index is 12.1. The molecule has 3 N–H and O–H groups in total. The lowest BCUT2D eigenvalue weighted by Gasteiger charge is -2.10. The van der Waals surface area contributed by atoms with Gasteiger partial charge in [-0.3, -0.25) is 4.79 Å². The highest BCUT2D eigenvalue weighted by Gasteiger charge is 2.14. The van der Waals surface area contributed by atoms with Crippen LogP contribution in [-0.2, 0) is 0 Å². The molecule has 0 unspecified atom stereocenters. The Hall–Kier alpha value is -1.79. The maximum atomic E-state index is 12.1. The first kappa shape index (κ1) is 14.6. The molecule has 1 aliphatic carbocycles. The number of benzene rings is 1. The van der Waals surface area contributed by atoms with Crippen molar-refractivity contribution in [3.05, 3.63) is 35.4 Å². The highest BCUT2D eigenvalue weighted by atomic mass is 16.1. The Kier molecular flexibility index (Phi) is 5.64. The van der Waals surface area contributed by atoms with Crippen LogP contribution in [0.1, 0.15) is 48.0 Å². The van der Waals surface area contributed by atoms with E-state index in [-0.39, 0.29) is 5.91 Å². The molecule has 3 heteroatoms. The van der Waals surface area contributed by atoms with E-state index in [9.17, 15) is 4.79 Å². The van der Waals surface area contributed by atoms with Crippen LogP contribution >= 0.6 is 0 Å². The van der Waals surface area contributed by atoms with Gasteiger partial charge in [0.1, 0.15) is 0 Å². The molecule has 1 aromatic carbocycles. The Morgan fingerprint density at radius 1 is 1.35 bits per heavy atom. The van der Waals surface area contributed by atoms with Crippen molar-refractivity contribution in [2.75, 3.05) is 13.1 Å². The highest BCUT2D eigenvalue weighted by molar-refractivity contribution is 5.94. The molecule has 3 nitrogen and oxygen atoms in total. The number of hydrogen-bond acceptors (Lipinski definition) is 2. The summed E-state index contributed by atoms with van der Waals surface area (Å²) in [5.41, 5.74) is 6.85. The second-order valence-electron chi connectivity index (χ2n) is 5.28. The van der Waals surface area contributed by atoms with Crippen LogP contribution < -0.4 is 11.1 Å². The number of amides is 1. The number of hydrogen-bond donors (Lipinski definition) is 2. The van der Waals surface area contributed by atoms with Gasteiger partial charge in [-0.15, -0.1) is 0 Å². The van der Waals surface area contributed by atoms with Crippen LogP contribution in [0.2, 0.25) is 0 Å². The van der Waals surface area contributed by atoms with Crippen LogP contribution in [0, 0.1) is 17.8 Å². The summed E-state index contributed by atoms with van der Waals surface area (Å²) in [5.74, 6) is 6.53. The predicted octanol–water partition coefficient (Wildman–Crippen LogP) is 2.31. The van der Waals surface area contributed by atoms with E-state index < -0.39 is 0 Å². The van der Waals surface area contributed by atoms with E-state index in [2.05, 4.69) is 17.2 Å². The van der Waals surface area contributed by atoms with Crippen LogP contribution in [0.5, 0.6) is 0 Å². The van der Waals surface area contributed by atoms with Gasteiger partial charge in [0.05, 0.1) is 6.54 Å². The largest absolute Gasteiger partial charge is 0.352 e. The zero-order valence-corrected chi connectivity index (χ0v) is 11.8. The third-order valence-corrected chi connectivity index (χ3v) is 3.77. The fourth-order valence-corrected chi connectivity index (χ4v) is 2.68. The zero-order valence-electron chi connectivity index (χ0n) is 11.8. The fourth-order valence-electron chi connectivity index (χ4n) is 2.68. The molecule has 1 aromatic rings. The van der Waals surface area contributed by atoms with E-state index in [4.69, 9.17) is 5.73 Å². The van der Waals surface area contributed by atoms with Crippen LogP contribution in [0.15, 0.2) is 24.3 Å². The zero-order chi connectivity index (χ0) is 14.2. The first-order valence-electron chi connectivity index (χ1n) is 7.37. The van der Waals surface area contributed by atoms with Crippen molar-refractivity contribution in [1.82, 2.24) is 5.32 Å². The van der Waals surface area contributed by atoms with Crippen LogP contribution in [0.25, 0.3) is 0 Å². The molecular weight excluding hydrogens is 248 g/mol. The van der Waals surface area contributed by atoms with E-state index in [1.165, 1.54) is 25.7 Å². The smallest absolute Gasteiger partial charge is 0.251 e. The fraction of sp³-hybridized carbons (Fsp3) is 0.471. The average Bonchev–Trinajstić information content (AvgIpc) is 2.98. The Bertz CT molecular complexity index is 507. The minimum atomic E-state index is -0.0144. The lowest BCUT2D eigenvalue weighted by atomic mass is 10.0. The van der Waals surface area contributed by atoms with E-state index in [0.29, 0.717) is 12.1 Å². The maximum Gasteiger partial charge on any atom is 0.251 e. The van der Waals surface area contributed by atoms with Crippen LogP contribution in [0.4, 0.5) is 0 Å². The van der Waals surface area contributed by atoms with Crippen molar-refractivity contribution >= 4 is 5.91 Å². The van der Waals surface area contributed by atoms with Gasteiger partial charge < -0.3 is 11.1 Å². The Labute approximate surface area is 120 Å². The normalized spacial score (nSPS) is 14.7. The topological polar surface area (TPSA) is 55.1 Å². The first-order valence-corrected chi connectivity index (χ1v) is 7.37. The van der Waals surface area contributed by atoms with Crippen LogP contribution in [0.3, 0.4) is 0 Å². The molecule has 0 aliphatic heterocycles. The summed E-state index contributed by atoms with van der Waals surface area (Å²) in [6.45, 7) is 1.10. The van der Waals surface area contributed by atoms with E-state index >= 15 is 0 Å². The number of carbonyl (C=O) groups excluding carboxylic acids is 1. The lowest BCUT2D eigenvalue weighted by Crippen LogP contribution is -2.25. The standard InChI is InChI=1S/C17H22N2O/c18-11-4-8-15-7-3-9-16(13-15)17(20)19-12-10-14-5-1-2-6-14/h3,7,9,13-14H,1-2,5-6,10-12,18H2,(H,19,20). The summed E-state index contributed by atoms with van der Waals surface area (Å²) in [6, 6.07) is 7.37. The van der Waals surface area contributed by atoms with E-state index in [0.717, 1.165) is 24.4 Å². The van der Waals surface area contributed by atoms with Gasteiger partial charge in [-0.1, -0.05) is 43.6 Å². The average molecular weight is 270 g/mol. The summed E-state index contributed by atoms with van der Waals surface area (Å²) >= 11 is 0. The van der Waals surface area contributed by atoms with Gasteiger partial charge in [0.25, 0.3) is 5.91 Å². The van der Waals surface area contributed by atoms with Crippen LogP contribution in [-0.4, -0.2) is 19.0 Å². The molecular formula is C17H22N2O. The minimum absolute atomic E-state index is 0.0144. The third kappa shape index (κ3) is 4.40. The Morgan fingerprint density at radius 3 is 2.90 bits per heavy atom. The van der Waals surface area contributed by atoms with Gasteiger partial charge in [-0.05, 0) is 30.5 Å². The second kappa shape index (κ2) is 7.72. The molecule has 0 saturated heterocycles. The lowest BCUT2D eigenvalue weighted by molar-refractivity contribution is 0.0951. The Balaban J connectivity index is 1.85. The van der Waals surface area contributed by atoms with Gasteiger partial charge in [-0.25, -0.2) is 0 Å². The summed E-state index contributed by atoms with van der Waals surface area (Å²) in [6.07, 6.45) is 6.43. The summed E-state index contributed by atoms with van der Waals surface area (Å²) in [7, 11) is 0. The minimum Gasteiger partial charge on any atom is -0.352 e. The Morgan fingerprint density at radius 2 is 2.15 bits per heavy atom. The van der Waals surface area contributed by atoms with Crippen molar-refractivity contribution in [3.8, 4) is 11.8 Å². The number of nitrogens with two attached hydrogens (primary N) is 1. The van der Waals surface area contributed by atoms with E-state index in [1.54, 1.807) is 0 Å². The van der Waals surface area contributed by atoms with Crippen molar-refractivity contribution in [3.63, 3.8) is 0 Å². The van der Waals surface area contributed by atoms with Gasteiger partial charge in [0.2, 0.25) is 0 Å². The number of rotatable bonds is 4. The van der Waals surface area contributed by atoms with E-state index in [1.807, 2.05) is 24.3 Å².